The van der Waals surface area contributed by atoms with Crippen LogP contribution in [-0.4, -0.2) is 48.2 Å². The monoisotopic (exact) mass is 562 g/mol. The fourth-order valence-electron chi connectivity index (χ4n) is 5.82. The van der Waals surface area contributed by atoms with Crippen LogP contribution in [0.1, 0.15) is 32.3 Å². The van der Waals surface area contributed by atoms with Gasteiger partial charge in [0.2, 0.25) is 5.91 Å². The van der Waals surface area contributed by atoms with Crippen LogP contribution >= 0.6 is 12.4 Å². The van der Waals surface area contributed by atoms with Gasteiger partial charge < -0.3 is 19.7 Å². The van der Waals surface area contributed by atoms with Crippen molar-refractivity contribution in [1.82, 2.24) is 15.3 Å². The third-order valence-corrected chi connectivity index (χ3v) is 7.60. The third-order valence-electron chi connectivity index (χ3n) is 7.60. The molecule has 0 saturated heterocycles. The van der Waals surface area contributed by atoms with Crippen LogP contribution in [0.25, 0.3) is 22.2 Å². The molecule has 7 nitrogen and oxygen atoms in total. The van der Waals surface area contributed by atoms with Gasteiger partial charge in [-0.2, -0.15) is 0 Å². The maximum Gasteiger partial charge on any atom is 0.237 e. The lowest BCUT2D eigenvalue weighted by molar-refractivity contribution is -0.129. The second kappa shape index (κ2) is 11.0. The van der Waals surface area contributed by atoms with Crippen molar-refractivity contribution in [2.24, 2.45) is 0 Å². The van der Waals surface area contributed by atoms with Gasteiger partial charge in [0.15, 0.2) is 11.6 Å². The van der Waals surface area contributed by atoms with Crippen molar-refractivity contribution >= 4 is 34.9 Å². The maximum absolute atomic E-state index is 15.2. The van der Waals surface area contributed by atoms with Gasteiger partial charge in [0, 0.05) is 61.4 Å². The molecule has 1 fully saturated rings. The van der Waals surface area contributed by atoms with Crippen LogP contribution in [0.5, 0.6) is 11.5 Å². The Bertz CT molecular complexity index is 1530. The zero-order valence-electron chi connectivity index (χ0n) is 22.7. The van der Waals surface area contributed by atoms with Gasteiger partial charge in [-0.3, -0.25) is 9.78 Å². The van der Waals surface area contributed by atoms with E-state index in [-0.39, 0.29) is 42.8 Å². The Labute approximate surface area is 239 Å². The van der Waals surface area contributed by atoms with E-state index < -0.39 is 11.2 Å². The van der Waals surface area contributed by atoms with Crippen LogP contribution in [0.15, 0.2) is 67.0 Å². The molecule has 0 atom stereocenters. The van der Waals surface area contributed by atoms with Crippen LogP contribution in [0.2, 0.25) is 0 Å². The fraction of sp³-hybridized carbons (Fsp3) is 0.323. The summed E-state index contributed by atoms with van der Waals surface area (Å²) in [5, 5.41) is 4.01. The van der Waals surface area contributed by atoms with E-state index in [2.05, 4.69) is 10.3 Å². The van der Waals surface area contributed by atoms with Crippen LogP contribution in [0, 0.1) is 5.82 Å². The highest BCUT2D eigenvalue weighted by Crippen LogP contribution is 2.58. The smallest absolute Gasteiger partial charge is 0.237 e. The van der Waals surface area contributed by atoms with Crippen molar-refractivity contribution in [3.63, 3.8) is 0 Å². The number of nitrogens with one attached hydrogen (secondary N) is 1. The molecule has 1 amide bonds. The van der Waals surface area contributed by atoms with Crippen molar-refractivity contribution in [3.8, 4) is 22.8 Å². The predicted molar refractivity (Wildman–Crippen MR) is 156 cm³/mol. The first kappa shape index (κ1) is 27.8. The molecule has 0 bridgehead atoms. The summed E-state index contributed by atoms with van der Waals surface area (Å²) in [5.41, 5.74) is 2.55. The van der Waals surface area contributed by atoms with Gasteiger partial charge in [-0.1, -0.05) is 32.0 Å². The zero-order valence-corrected chi connectivity index (χ0v) is 23.5. The number of para-hydroxylation sites is 1. The van der Waals surface area contributed by atoms with Gasteiger partial charge in [0.25, 0.3) is 0 Å². The van der Waals surface area contributed by atoms with E-state index in [9.17, 15) is 4.79 Å². The summed E-state index contributed by atoms with van der Waals surface area (Å²) >= 11 is 0. The van der Waals surface area contributed by atoms with Crippen molar-refractivity contribution in [3.05, 3.63) is 78.4 Å². The minimum atomic E-state index is -0.782. The summed E-state index contributed by atoms with van der Waals surface area (Å²) in [7, 11) is 1.78. The highest BCUT2D eigenvalue weighted by atomic mass is 35.5. The molecule has 3 heterocycles. The Hall–Kier alpha value is -3.75. The number of anilines is 1. The molecule has 40 heavy (non-hydrogen) atoms. The van der Waals surface area contributed by atoms with Crippen molar-refractivity contribution in [2.45, 2.75) is 44.2 Å². The molecule has 2 aliphatic rings. The second-order valence-electron chi connectivity index (χ2n) is 10.6. The molecule has 1 spiro atoms. The van der Waals surface area contributed by atoms with Crippen molar-refractivity contribution in [2.75, 3.05) is 25.1 Å². The average Bonchev–Trinajstić information content (AvgIpc) is 3.15. The Morgan fingerprint density at radius 2 is 1.90 bits per heavy atom. The van der Waals surface area contributed by atoms with Gasteiger partial charge >= 0.3 is 0 Å². The molecule has 9 heteroatoms. The average molecular weight is 563 g/mol. The SMILES string of the molecule is CC(C)NCCOc1c(F)ccc2c3c(c(-c4cccnc4)nc12)N(C)C(=O)C31CC(Oc2ccccc2)C1.Cl. The number of ether oxygens (including phenoxy) is 2. The first-order chi connectivity index (χ1) is 18.9. The summed E-state index contributed by atoms with van der Waals surface area (Å²) in [6.07, 6.45) is 4.34. The van der Waals surface area contributed by atoms with Gasteiger partial charge in [-0.05, 0) is 36.4 Å². The lowest BCUT2D eigenvalue weighted by atomic mass is 9.62. The number of halogens is 2. The number of amides is 1. The molecule has 2 aromatic heterocycles. The second-order valence-corrected chi connectivity index (χ2v) is 10.6. The highest BCUT2D eigenvalue weighted by molar-refractivity contribution is 6.16. The molecule has 1 aliphatic heterocycles. The Balaban J connectivity index is 0.00000323. The topological polar surface area (TPSA) is 76.6 Å². The molecule has 0 radical (unpaired) electrons. The van der Waals surface area contributed by atoms with Gasteiger partial charge in [-0.15, -0.1) is 12.4 Å². The summed E-state index contributed by atoms with van der Waals surface area (Å²) < 4.78 is 27.4. The molecular weight excluding hydrogens is 531 g/mol. The van der Waals surface area contributed by atoms with Crippen molar-refractivity contribution in [1.29, 1.82) is 0 Å². The molecule has 1 saturated carbocycles. The number of carbonyl (C=O) groups excluding carboxylic acids is 1. The quantitative estimate of drug-likeness (QED) is 0.278. The number of fused-ring (bicyclic) bond motifs is 4. The first-order valence-corrected chi connectivity index (χ1v) is 13.3. The van der Waals surface area contributed by atoms with E-state index in [1.54, 1.807) is 30.4 Å². The van der Waals surface area contributed by atoms with Crippen LogP contribution in [0.3, 0.4) is 0 Å². The number of likely N-dealkylation sites (N-methyl/N-ethyl adjacent to an activating group) is 1. The molecule has 1 aliphatic carbocycles. The number of rotatable bonds is 8. The fourth-order valence-corrected chi connectivity index (χ4v) is 5.82. The van der Waals surface area contributed by atoms with E-state index in [0.29, 0.717) is 30.6 Å². The van der Waals surface area contributed by atoms with E-state index in [1.807, 2.05) is 56.3 Å². The van der Waals surface area contributed by atoms with E-state index in [1.165, 1.54) is 6.07 Å². The molecule has 0 unspecified atom stereocenters. The first-order valence-electron chi connectivity index (χ1n) is 13.3. The Morgan fingerprint density at radius 1 is 1.12 bits per heavy atom. The van der Waals surface area contributed by atoms with Gasteiger partial charge in [0.1, 0.15) is 24.0 Å². The zero-order chi connectivity index (χ0) is 27.1. The predicted octanol–water partition coefficient (Wildman–Crippen LogP) is 5.69. The number of nitrogens with zero attached hydrogens (tertiary/aromatic N) is 3. The Kier molecular flexibility index (Phi) is 7.66. The van der Waals surface area contributed by atoms with E-state index in [0.717, 1.165) is 28.0 Å². The summed E-state index contributed by atoms with van der Waals surface area (Å²) in [4.78, 5) is 24.8. The van der Waals surface area contributed by atoms with Crippen molar-refractivity contribution < 1.29 is 18.7 Å². The highest BCUT2D eigenvalue weighted by Gasteiger charge is 2.60. The number of carbonyl (C=O) groups is 1. The molecule has 2 aromatic carbocycles. The molecular formula is C31H32ClFN4O3. The minimum Gasteiger partial charge on any atom is -0.490 e. The molecule has 1 N–H and O–H groups in total. The summed E-state index contributed by atoms with van der Waals surface area (Å²) in [5.74, 6) is 0.388. The van der Waals surface area contributed by atoms with Gasteiger partial charge in [-0.25, -0.2) is 9.37 Å². The lowest BCUT2D eigenvalue weighted by Gasteiger charge is -2.43. The van der Waals surface area contributed by atoms with E-state index in [4.69, 9.17) is 14.5 Å². The standard InChI is InChI=1S/C31H31FN4O3.ClH/c1-19(2)34-14-15-38-29-24(32)12-11-23-25-28(26(35-27(23)29)20-8-7-13-33-18-20)36(3)30(37)31(25)16-22(17-31)39-21-9-5-4-6-10-21;/h4-13,18-19,22,34H,14-17H2,1-3H3;1H. The number of pyridine rings is 2. The van der Waals surface area contributed by atoms with Crippen LogP contribution < -0.4 is 19.7 Å². The Morgan fingerprint density at radius 3 is 2.60 bits per heavy atom. The van der Waals surface area contributed by atoms with Gasteiger partial charge in [0.05, 0.1) is 16.8 Å². The summed E-state index contributed by atoms with van der Waals surface area (Å²) in [6, 6.07) is 16.8. The third kappa shape index (κ3) is 4.65. The minimum absolute atomic E-state index is 0. The number of hydrogen-bond acceptors (Lipinski definition) is 6. The molecule has 4 aromatic rings. The number of hydrogen-bond donors (Lipinski definition) is 1. The lowest BCUT2D eigenvalue weighted by Crippen LogP contribution is -2.53. The van der Waals surface area contributed by atoms with E-state index >= 15 is 4.39 Å². The summed E-state index contributed by atoms with van der Waals surface area (Å²) in [6.45, 7) is 4.94. The number of benzene rings is 2. The number of aromatic nitrogens is 2. The van der Waals surface area contributed by atoms with Crippen LogP contribution in [-0.2, 0) is 10.2 Å². The maximum atomic E-state index is 15.2. The largest absolute Gasteiger partial charge is 0.490 e. The van der Waals surface area contributed by atoms with Crippen LogP contribution in [0.4, 0.5) is 10.1 Å². The normalized spacial score (nSPS) is 19.5. The molecule has 6 rings (SSSR count). The molecule has 208 valence electrons.